The van der Waals surface area contributed by atoms with Gasteiger partial charge in [0.2, 0.25) is 0 Å². The minimum Gasteiger partial charge on any atom is -0.463 e. The summed E-state index contributed by atoms with van der Waals surface area (Å²) < 4.78 is 4.90. The Bertz CT molecular complexity index is 468. The number of rotatable bonds is 2. The molecule has 1 aliphatic rings. The first-order valence-electron chi connectivity index (χ1n) is 5.62. The number of benzene rings is 1. The van der Waals surface area contributed by atoms with E-state index in [1.54, 1.807) is 6.92 Å². The monoisotopic (exact) mass is 251 g/mol. The minimum absolute atomic E-state index is 0.331. The van der Waals surface area contributed by atoms with Crippen LogP contribution in [-0.4, -0.2) is 19.1 Å². The molecule has 2 rings (SSSR count). The predicted molar refractivity (Wildman–Crippen MR) is 67.8 cm³/mol. The average molecular weight is 252 g/mol. The van der Waals surface area contributed by atoms with Crippen molar-refractivity contribution in [2.24, 2.45) is 0 Å². The second-order valence-electron chi connectivity index (χ2n) is 3.79. The van der Waals surface area contributed by atoms with Crippen molar-refractivity contribution in [3.8, 4) is 0 Å². The molecule has 4 heteroatoms. The van der Waals surface area contributed by atoms with E-state index in [4.69, 9.17) is 16.3 Å². The first-order chi connectivity index (χ1) is 8.20. The van der Waals surface area contributed by atoms with Crippen LogP contribution in [0.15, 0.2) is 24.3 Å². The Morgan fingerprint density at radius 3 is 3.18 bits per heavy atom. The topological polar surface area (TPSA) is 38.3 Å². The van der Waals surface area contributed by atoms with Gasteiger partial charge in [-0.3, -0.25) is 0 Å². The highest BCUT2D eigenvalue weighted by Gasteiger charge is 2.15. The molecule has 1 aromatic rings. The summed E-state index contributed by atoms with van der Waals surface area (Å²) in [5, 5.41) is 3.86. The Morgan fingerprint density at radius 2 is 2.41 bits per heavy atom. The summed E-state index contributed by atoms with van der Waals surface area (Å²) in [5.41, 5.74) is 2.97. The Labute approximate surface area is 105 Å². The van der Waals surface area contributed by atoms with Crippen molar-refractivity contribution >= 4 is 23.3 Å². The van der Waals surface area contributed by atoms with Crippen molar-refractivity contribution in [2.75, 3.05) is 13.2 Å². The van der Waals surface area contributed by atoms with E-state index < -0.39 is 0 Å². The molecule has 1 heterocycles. The van der Waals surface area contributed by atoms with Crippen molar-refractivity contribution in [3.63, 3.8) is 0 Å². The SMILES string of the molecule is CCOC(=O)/C=C1\NCCc2ccc(Cl)cc21. The van der Waals surface area contributed by atoms with Crippen LogP contribution in [0.1, 0.15) is 18.1 Å². The Kier molecular flexibility index (Phi) is 3.69. The van der Waals surface area contributed by atoms with Crippen LogP contribution in [0, 0.1) is 0 Å². The van der Waals surface area contributed by atoms with Gasteiger partial charge >= 0.3 is 5.97 Å². The van der Waals surface area contributed by atoms with Gasteiger partial charge in [-0.2, -0.15) is 0 Å². The molecule has 1 aromatic carbocycles. The highest BCUT2D eigenvalue weighted by Crippen LogP contribution is 2.25. The molecule has 0 aliphatic carbocycles. The molecule has 0 saturated carbocycles. The normalized spacial score (nSPS) is 16.2. The molecular weight excluding hydrogens is 238 g/mol. The van der Waals surface area contributed by atoms with E-state index in [1.165, 1.54) is 11.6 Å². The molecule has 3 nitrogen and oxygen atoms in total. The fourth-order valence-corrected chi connectivity index (χ4v) is 2.05. The van der Waals surface area contributed by atoms with Crippen LogP contribution in [0.5, 0.6) is 0 Å². The van der Waals surface area contributed by atoms with Crippen molar-refractivity contribution in [3.05, 3.63) is 40.4 Å². The molecule has 0 atom stereocenters. The maximum Gasteiger partial charge on any atom is 0.332 e. The lowest BCUT2D eigenvalue weighted by atomic mass is 9.98. The van der Waals surface area contributed by atoms with E-state index in [0.717, 1.165) is 24.2 Å². The molecule has 0 saturated heterocycles. The number of carbonyl (C=O) groups is 1. The van der Waals surface area contributed by atoms with Crippen molar-refractivity contribution in [2.45, 2.75) is 13.3 Å². The number of hydrogen-bond donors (Lipinski definition) is 1. The molecule has 1 aliphatic heterocycles. The standard InChI is InChI=1S/C13H14ClNO2/c1-2-17-13(16)8-12-11-7-10(14)4-3-9(11)5-6-15-12/h3-4,7-8,15H,2,5-6H2,1H3/b12-8-. The van der Waals surface area contributed by atoms with Gasteiger partial charge in [0, 0.05) is 28.9 Å². The van der Waals surface area contributed by atoms with Gasteiger partial charge in [-0.15, -0.1) is 0 Å². The molecule has 17 heavy (non-hydrogen) atoms. The van der Waals surface area contributed by atoms with Crippen LogP contribution in [0.2, 0.25) is 5.02 Å². The third kappa shape index (κ3) is 2.80. The largest absolute Gasteiger partial charge is 0.463 e. The fourth-order valence-electron chi connectivity index (χ4n) is 1.88. The molecule has 1 N–H and O–H groups in total. The predicted octanol–water partition coefficient (Wildman–Crippen LogP) is 2.39. The van der Waals surface area contributed by atoms with Gasteiger partial charge in [0.05, 0.1) is 6.61 Å². The zero-order valence-electron chi connectivity index (χ0n) is 9.63. The van der Waals surface area contributed by atoms with Gasteiger partial charge in [-0.25, -0.2) is 4.79 Å². The van der Waals surface area contributed by atoms with Gasteiger partial charge in [0.25, 0.3) is 0 Å². The number of carbonyl (C=O) groups excluding carboxylic acids is 1. The van der Waals surface area contributed by atoms with E-state index in [1.807, 2.05) is 18.2 Å². The maximum absolute atomic E-state index is 11.4. The summed E-state index contributed by atoms with van der Waals surface area (Å²) in [7, 11) is 0. The number of fused-ring (bicyclic) bond motifs is 1. The Hall–Kier alpha value is -1.48. The summed E-state index contributed by atoms with van der Waals surface area (Å²) in [6.07, 6.45) is 2.42. The lowest BCUT2D eigenvalue weighted by molar-refractivity contribution is -0.137. The lowest BCUT2D eigenvalue weighted by Crippen LogP contribution is -2.23. The fraction of sp³-hybridized carbons (Fsp3) is 0.308. The zero-order chi connectivity index (χ0) is 12.3. The molecule has 90 valence electrons. The molecule has 0 fully saturated rings. The third-order valence-corrected chi connectivity index (χ3v) is 2.86. The van der Waals surface area contributed by atoms with Crippen LogP contribution in [-0.2, 0) is 16.0 Å². The molecule has 0 spiro atoms. The molecular formula is C13H14ClNO2. The van der Waals surface area contributed by atoms with E-state index >= 15 is 0 Å². The quantitative estimate of drug-likeness (QED) is 0.648. The van der Waals surface area contributed by atoms with E-state index in [9.17, 15) is 4.79 Å². The van der Waals surface area contributed by atoms with Gasteiger partial charge < -0.3 is 10.1 Å². The van der Waals surface area contributed by atoms with Gasteiger partial charge in [-0.05, 0) is 31.0 Å². The van der Waals surface area contributed by atoms with E-state index in [0.29, 0.717) is 11.6 Å². The van der Waals surface area contributed by atoms with Gasteiger partial charge in [0.1, 0.15) is 0 Å². The van der Waals surface area contributed by atoms with Crippen LogP contribution >= 0.6 is 11.6 Å². The molecule has 0 aromatic heterocycles. The number of nitrogens with one attached hydrogen (secondary N) is 1. The smallest absolute Gasteiger partial charge is 0.332 e. The second kappa shape index (κ2) is 5.23. The van der Waals surface area contributed by atoms with E-state index in [2.05, 4.69) is 5.32 Å². The Morgan fingerprint density at radius 1 is 1.59 bits per heavy atom. The van der Waals surface area contributed by atoms with Gasteiger partial charge in [-0.1, -0.05) is 17.7 Å². The van der Waals surface area contributed by atoms with Gasteiger partial charge in [0.15, 0.2) is 0 Å². The molecule has 0 radical (unpaired) electrons. The molecule has 0 bridgehead atoms. The summed E-state index contributed by atoms with van der Waals surface area (Å²) in [5.74, 6) is -0.331. The maximum atomic E-state index is 11.4. The number of hydrogen-bond acceptors (Lipinski definition) is 3. The average Bonchev–Trinajstić information content (AvgIpc) is 2.30. The van der Waals surface area contributed by atoms with Crippen LogP contribution < -0.4 is 5.32 Å². The lowest BCUT2D eigenvalue weighted by Gasteiger charge is -2.21. The van der Waals surface area contributed by atoms with Crippen LogP contribution in [0.3, 0.4) is 0 Å². The third-order valence-electron chi connectivity index (χ3n) is 2.62. The molecule has 0 unspecified atom stereocenters. The van der Waals surface area contributed by atoms with Crippen LogP contribution in [0.4, 0.5) is 0 Å². The summed E-state index contributed by atoms with van der Waals surface area (Å²) in [4.78, 5) is 11.4. The second-order valence-corrected chi connectivity index (χ2v) is 4.22. The summed E-state index contributed by atoms with van der Waals surface area (Å²) in [6.45, 7) is 2.99. The highest BCUT2D eigenvalue weighted by atomic mass is 35.5. The highest BCUT2D eigenvalue weighted by molar-refractivity contribution is 6.30. The zero-order valence-corrected chi connectivity index (χ0v) is 10.4. The van der Waals surface area contributed by atoms with Crippen molar-refractivity contribution in [1.29, 1.82) is 0 Å². The Balaban J connectivity index is 2.33. The number of esters is 1. The minimum atomic E-state index is -0.331. The number of halogens is 1. The van der Waals surface area contributed by atoms with Crippen LogP contribution in [0.25, 0.3) is 5.70 Å². The summed E-state index contributed by atoms with van der Waals surface area (Å²) >= 11 is 5.97. The number of ether oxygens (including phenoxy) is 1. The van der Waals surface area contributed by atoms with E-state index in [-0.39, 0.29) is 5.97 Å². The first kappa shape index (κ1) is 12.0. The molecule has 0 amide bonds. The summed E-state index contributed by atoms with van der Waals surface area (Å²) in [6, 6.07) is 5.74. The first-order valence-corrected chi connectivity index (χ1v) is 5.99. The van der Waals surface area contributed by atoms with Crippen molar-refractivity contribution < 1.29 is 9.53 Å². The van der Waals surface area contributed by atoms with Crippen molar-refractivity contribution in [1.82, 2.24) is 5.32 Å².